The van der Waals surface area contributed by atoms with Crippen molar-refractivity contribution in [3.63, 3.8) is 0 Å². The topological polar surface area (TPSA) is 38.3 Å². The standard InChI is InChI=1S/C13H16FNO2/c14-11-7-3-4-8-12(11)17-9-13(16)15-10-5-1-2-6-10/h3-4,7-8,10H,1-2,5-6,9H2,(H,15,16). The highest BCUT2D eigenvalue weighted by Crippen LogP contribution is 2.18. The zero-order valence-corrected chi connectivity index (χ0v) is 9.62. The summed E-state index contributed by atoms with van der Waals surface area (Å²) in [6, 6.07) is 6.35. The van der Waals surface area contributed by atoms with Gasteiger partial charge in [-0.3, -0.25) is 4.79 Å². The number of hydrogen-bond acceptors (Lipinski definition) is 2. The van der Waals surface area contributed by atoms with Gasteiger partial charge in [-0.2, -0.15) is 0 Å². The van der Waals surface area contributed by atoms with E-state index < -0.39 is 5.82 Å². The molecule has 1 aromatic rings. The van der Waals surface area contributed by atoms with Crippen molar-refractivity contribution < 1.29 is 13.9 Å². The van der Waals surface area contributed by atoms with E-state index in [1.807, 2.05) is 0 Å². The van der Waals surface area contributed by atoms with Crippen molar-refractivity contribution in [1.29, 1.82) is 0 Å². The predicted octanol–water partition coefficient (Wildman–Crippen LogP) is 2.26. The normalized spacial score (nSPS) is 15.8. The van der Waals surface area contributed by atoms with Crippen LogP contribution in [0.4, 0.5) is 4.39 Å². The molecule has 4 heteroatoms. The lowest BCUT2D eigenvalue weighted by Crippen LogP contribution is -2.36. The molecule has 17 heavy (non-hydrogen) atoms. The van der Waals surface area contributed by atoms with Gasteiger partial charge in [-0.15, -0.1) is 0 Å². The van der Waals surface area contributed by atoms with Gasteiger partial charge in [0.05, 0.1) is 0 Å². The summed E-state index contributed by atoms with van der Waals surface area (Å²) in [6.07, 6.45) is 4.40. The number of para-hydroxylation sites is 1. The molecule has 0 aliphatic heterocycles. The summed E-state index contributed by atoms with van der Waals surface area (Å²) in [5.41, 5.74) is 0. The summed E-state index contributed by atoms with van der Waals surface area (Å²) in [7, 11) is 0. The largest absolute Gasteiger partial charge is 0.481 e. The van der Waals surface area contributed by atoms with Crippen LogP contribution in [0.5, 0.6) is 5.75 Å². The molecule has 0 heterocycles. The third-order valence-electron chi connectivity index (χ3n) is 2.92. The summed E-state index contributed by atoms with van der Waals surface area (Å²) in [5, 5.41) is 2.88. The third kappa shape index (κ3) is 3.44. The number of benzene rings is 1. The molecular weight excluding hydrogens is 221 g/mol. The third-order valence-corrected chi connectivity index (χ3v) is 2.92. The van der Waals surface area contributed by atoms with Gasteiger partial charge >= 0.3 is 0 Å². The lowest BCUT2D eigenvalue weighted by atomic mass is 10.2. The summed E-state index contributed by atoms with van der Waals surface area (Å²) in [4.78, 5) is 11.5. The van der Waals surface area contributed by atoms with Crippen LogP contribution >= 0.6 is 0 Å². The van der Waals surface area contributed by atoms with Gasteiger partial charge in [0.15, 0.2) is 18.2 Å². The molecule has 1 aliphatic carbocycles. The maximum Gasteiger partial charge on any atom is 0.258 e. The van der Waals surface area contributed by atoms with E-state index in [1.165, 1.54) is 25.0 Å². The minimum Gasteiger partial charge on any atom is -0.481 e. The molecule has 92 valence electrons. The van der Waals surface area contributed by atoms with Crippen LogP contribution in [0, 0.1) is 5.82 Å². The number of carbonyl (C=O) groups is 1. The van der Waals surface area contributed by atoms with Gasteiger partial charge < -0.3 is 10.1 Å². The second-order valence-corrected chi connectivity index (χ2v) is 4.27. The lowest BCUT2D eigenvalue weighted by molar-refractivity contribution is -0.123. The van der Waals surface area contributed by atoms with E-state index in [9.17, 15) is 9.18 Å². The molecule has 1 fully saturated rings. The molecule has 0 aromatic heterocycles. The highest BCUT2D eigenvalue weighted by Gasteiger charge is 2.17. The summed E-state index contributed by atoms with van der Waals surface area (Å²) in [5.74, 6) is -0.504. The number of hydrogen-bond donors (Lipinski definition) is 1. The van der Waals surface area contributed by atoms with Crippen LogP contribution in [0.2, 0.25) is 0 Å². The smallest absolute Gasteiger partial charge is 0.258 e. The SMILES string of the molecule is O=C(COc1ccccc1F)NC1CCCC1. The Morgan fingerprint density at radius 3 is 2.76 bits per heavy atom. The maximum atomic E-state index is 13.2. The molecular formula is C13H16FNO2. The Labute approximate surface area is 100.0 Å². The van der Waals surface area contributed by atoms with Gasteiger partial charge in [0.1, 0.15) is 0 Å². The quantitative estimate of drug-likeness (QED) is 0.872. The van der Waals surface area contributed by atoms with Crippen LogP contribution < -0.4 is 10.1 Å². The molecule has 1 aliphatic rings. The van der Waals surface area contributed by atoms with E-state index in [2.05, 4.69) is 5.32 Å². The van der Waals surface area contributed by atoms with Crippen LogP contribution in [-0.4, -0.2) is 18.6 Å². The van der Waals surface area contributed by atoms with Crippen molar-refractivity contribution in [1.82, 2.24) is 5.32 Å². The van der Waals surface area contributed by atoms with E-state index in [-0.39, 0.29) is 24.3 Å². The summed E-state index contributed by atoms with van der Waals surface area (Å²) >= 11 is 0. The van der Waals surface area contributed by atoms with Gasteiger partial charge in [0, 0.05) is 6.04 Å². The van der Waals surface area contributed by atoms with Crippen molar-refractivity contribution in [2.24, 2.45) is 0 Å². The number of carbonyl (C=O) groups excluding carboxylic acids is 1. The monoisotopic (exact) mass is 237 g/mol. The van der Waals surface area contributed by atoms with Gasteiger partial charge in [0.2, 0.25) is 0 Å². The van der Waals surface area contributed by atoms with E-state index >= 15 is 0 Å². The first-order valence-electron chi connectivity index (χ1n) is 5.92. The Bertz CT molecular complexity index is 389. The Kier molecular flexibility index (Phi) is 3.96. The second-order valence-electron chi connectivity index (χ2n) is 4.27. The number of rotatable bonds is 4. The van der Waals surface area contributed by atoms with E-state index in [1.54, 1.807) is 12.1 Å². The van der Waals surface area contributed by atoms with Gasteiger partial charge in [0.25, 0.3) is 5.91 Å². The molecule has 2 rings (SSSR count). The van der Waals surface area contributed by atoms with Crippen LogP contribution in [0.15, 0.2) is 24.3 Å². The second kappa shape index (κ2) is 5.66. The number of nitrogens with one attached hydrogen (secondary N) is 1. The molecule has 0 saturated heterocycles. The Morgan fingerprint density at radius 2 is 2.06 bits per heavy atom. The molecule has 0 spiro atoms. The van der Waals surface area contributed by atoms with Crippen LogP contribution in [-0.2, 0) is 4.79 Å². The first-order chi connectivity index (χ1) is 8.25. The average molecular weight is 237 g/mol. The van der Waals surface area contributed by atoms with Crippen molar-refractivity contribution in [2.45, 2.75) is 31.7 Å². The van der Waals surface area contributed by atoms with Crippen molar-refractivity contribution >= 4 is 5.91 Å². The molecule has 1 amide bonds. The van der Waals surface area contributed by atoms with Crippen LogP contribution in [0.1, 0.15) is 25.7 Å². The fourth-order valence-corrected chi connectivity index (χ4v) is 2.04. The van der Waals surface area contributed by atoms with Crippen molar-refractivity contribution in [3.05, 3.63) is 30.1 Å². The molecule has 1 aromatic carbocycles. The molecule has 0 radical (unpaired) electrons. The van der Waals surface area contributed by atoms with E-state index in [4.69, 9.17) is 4.74 Å². The maximum absolute atomic E-state index is 13.2. The first kappa shape index (κ1) is 11.9. The number of halogens is 1. The van der Waals surface area contributed by atoms with Crippen molar-refractivity contribution in [2.75, 3.05) is 6.61 Å². The van der Waals surface area contributed by atoms with E-state index in [0.717, 1.165) is 12.8 Å². The first-order valence-corrected chi connectivity index (χ1v) is 5.92. The molecule has 0 atom stereocenters. The lowest BCUT2D eigenvalue weighted by Gasteiger charge is -2.12. The summed E-state index contributed by atoms with van der Waals surface area (Å²) < 4.78 is 18.3. The molecule has 1 saturated carbocycles. The fourth-order valence-electron chi connectivity index (χ4n) is 2.04. The highest BCUT2D eigenvalue weighted by molar-refractivity contribution is 5.77. The fraction of sp³-hybridized carbons (Fsp3) is 0.462. The van der Waals surface area contributed by atoms with Gasteiger partial charge in [-0.1, -0.05) is 25.0 Å². The Balaban J connectivity index is 1.77. The van der Waals surface area contributed by atoms with Crippen molar-refractivity contribution in [3.8, 4) is 5.75 Å². The molecule has 0 unspecified atom stereocenters. The van der Waals surface area contributed by atoms with E-state index in [0.29, 0.717) is 0 Å². The predicted molar refractivity (Wildman–Crippen MR) is 62.3 cm³/mol. The minimum atomic E-state index is -0.443. The van der Waals surface area contributed by atoms with Gasteiger partial charge in [-0.25, -0.2) is 4.39 Å². The average Bonchev–Trinajstić information content (AvgIpc) is 2.81. The number of amides is 1. The van der Waals surface area contributed by atoms with Gasteiger partial charge in [-0.05, 0) is 25.0 Å². The van der Waals surface area contributed by atoms with Crippen LogP contribution in [0.3, 0.4) is 0 Å². The highest BCUT2D eigenvalue weighted by atomic mass is 19.1. The zero-order chi connectivity index (χ0) is 12.1. The molecule has 1 N–H and O–H groups in total. The minimum absolute atomic E-state index is 0.120. The molecule has 3 nitrogen and oxygen atoms in total. The summed E-state index contributed by atoms with van der Waals surface area (Å²) in [6.45, 7) is -0.128. The molecule has 0 bridgehead atoms. The Morgan fingerprint density at radius 1 is 1.35 bits per heavy atom. The zero-order valence-electron chi connectivity index (χ0n) is 9.62. The number of ether oxygens (including phenoxy) is 1. The Hall–Kier alpha value is -1.58. The van der Waals surface area contributed by atoms with Crippen LogP contribution in [0.25, 0.3) is 0 Å².